The molecule has 10 heteroatoms. The third-order valence-electron chi connectivity index (χ3n) is 2.31. The van der Waals surface area contributed by atoms with Crippen molar-refractivity contribution in [1.82, 2.24) is 0 Å². The Morgan fingerprint density at radius 2 is 0.818 bits per heavy atom. The Morgan fingerprint density at radius 3 is 1.05 bits per heavy atom. The van der Waals surface area contributed by atoms with Crippen molar-refractivity contribution in [3.8, 4) is 0 Å². The van der Waals surface area contributed by atoms with Crippen LogP contribution in [0, 0.1) is 30.3 Å². The van der Waals surface area contributed by atoms with E-state index in [1.54, 1.807) is 0 Å². The number of hydrogen-bond donors (Lipinski definition) is 0. The molecule has 0 aliphatic rings. The van der Waals surface area contributed by atoms with Gasteiger partial charge in [-0.3, -0.25) is 30.3 Å². The summed E-state index contributed by atoms with van der Waals surface area (Å²) in [6.45, 7) is 0. The van der Waals surface area contributed by atoms with Gasteiger partial charge in [-0.05, 0) is 12.1 Å². The van der Waals surface area contributed by atoms with Crippen LogP contribution in [0.25, 0.3) is 0 Å². The van der Waals surface area contributed by atoms with E-state index in [2.05, 4.69) is 0 Å². The fourth-order valence-electron chi connectivity index (χ4n) is 1.26. The van der Waals surface area contributed by atoms with Crippen molar-refractivity contribution in [1.29, 1.82) is 0 Å². The fourth-order valence-corrected chi connectivity index (χ4v) is 1.38. The minimum atomic E-state index is -0.607. The summed E-state index contributed by atoms with van der Waals surface area (Å²) in [6, 6.07) is 10.1. The third-order valence-corrected chi connectivity index (χ3v) is 2.56. The van der Waals surface area contributed by atoms with Gasteiger partial charge < -0.3 is 0 Å². The maximum atomic E-state index is 10.1. The van der Waals surface area contributed by atoms with Gasteiger partial charge in [0.1, 0.15) is 0 Å². The number of hydrogen-bond acceptors (Lipinski definition) is 6. The first-order valence-corrected chi connectivity index (χ1v) is 5.98. The van der Waals surface area contributed by atoms with Crippen molar-refractivity contribution in [2.45, 2.75) is 0 Å². The standard InChI is InChI=1S/C6H4ClNO2.C6H4N2O4/c7-5-1-3-6(4-2-5)8(9)10;9-7(10)5-1-2-6(4-3-5)8(11)12/h1-4H;1-4H. The van der Waals surface area contributed by atoms with Crippen LogP contribution in [0.5, 0.6) is 0 Å². The Morgan fingerprint density at radius 1 is 0.591 bits per heavy atom. The van der Waals surface area contributed by atoms with Gasteiger partial charge in [-0.1, -0.05) is 11.6 Å². The van der Waals surface area contributed by atoms with Crippen LogP contribution in [0.4, 0.5) is 17.1 Å². The Hall–Kier alpha value is -3.07. The van der Waals surface area contributed by atoms with E-state index in [0.717, 1.165) is 24.3 Å². The van der Waals surface area contributed by atoms with Gasteiger partial charge in [-0.25, -0.2) is 0 Å². The predicted octanol–water partition coefficient (Wildman–Crippen LogP) is 3.75. The number of nitrogens with zero attached hydrogens (tertiary/aromatic N) is 3. The zero-order valence-electron chi connectivity index (χ0n) is 10.8. The molecule has 0 unspecified atom stereocenters. The lowest BCUT2D eigenvalue weighted by Gasteiger charge is -1.90. The minimum absolute atomic E-state index is 0.0596. The van der Waals surface area contributed by atoms with Crippen LogP contribution in [-0.4, -0.2) is 14.8 Å². The molecule has 0 saturated carbocycles. The second-order valence-electron chi connectivity index (χ2n) is 3.76. The zero-order valence-corrected chi connectivity index (χ0v) is 11.5. The first-order chi connectivity index (χ1) is 10.3. The van der Waals surface area contributed by atoms with Crippen molar-refractivity contribution >= 4 is 28.7 Å². The van der Waals surface area contributed by atoms with E-state index < -0.39 is 14.8 Å². The highest BCUT2D eigenvalue weighted by atomic mass is 35.5. The number of non-ortho nitro benzene ring substituents is 3. The average molecular weight is 326 g/mol. The highest BCUT2D eigenvalue weighted by Gasteiger charge is 2.08. The molecule has 0 atom stereocenters. The van der Waals surface area contributed by atoms with Gasteiger partial charge in [-0.15, -0.1) is 0 Å². The van der Waals surface area contributed by atoms with Crippen LogP contribution in [-0.2, 0) is 0 Å². The van der Waals surface area contributed by atoms with Gasteiger partial charge in [-0.2, -0.15) is 0 Å². The molecule has 0 saturated heterocycles. The Labute approximate surface area is 128 Å². The number of rotatable bonds is 3. The summed E-state index contributed by atoms with van der Waals surface area (Å²) in [6.07, 6.45) is 0. The lowest BCUT2D eigenvalue weighted by molar-refractivity contribution is -0.389. The van der Waals surface area contributed by atoms with Gasteiger partial charge in [0.25, 0.3) is 17.1 Å². The summed E-state index contributed by atoms with van der Waals surface area (Å²) >= 11 is 5.49. The van der Waals surface area contributed by atoms with Crippen LogP contribution in [0.3, 0.4) is 0 Å². The molecule has 0 fully saturated rings. The first-order valence-electron chi connectivity index (χ1n) is 5.60. The molecule has 114 valence electrons. The molecular weight excluding hydrogens is 318 g/mol. The second kappa shape index (κ2) is 7.64. The number of halogens is 1. The first kappa shape index (κ1) is 17.0. The summed E-state index contributed by atoms with van der Waals surface area (Å²) in [7, 11) is 0. The van der Waals surface area contributed by atoms with E-state index in [-0.39, 0.29) is 17.1 Å². The summed E-state index contributed by atoms with van der Waals surface area (Å²) in [4.78, 5) is 28.6. The number of benzene rings is 2. The average Bonchev–Trinajstić information content (AvgIpc) is 2.48. The van der Waals surface area contributed by atoms with Crippen LogP contribution in [0.15, 0.2) is 48.5 Å². The van der Waals surface area contributed by atoms with Crippen molar-refractivity contribution in [3.63, 3.8) is 0 Å². The van der Waals surface area contributed by atoms with Gasteiger partial charge in [0, 0.05) is 41.4 Å². The smallest absolute Gasteiger partial charge is 0.258 e. The molecule has 0 aromatic heterocycles. The lowest BCUT2D eigenvalue weighted by atomic mass is 10.3. The molecule has 2 aromatic rings. The predicted molar refractivity (Wildman–Crippen MR) is 77.9 cm³/mol. The topological polar surface area (TPSA) is 129 Å². The molecule has 0 spiro atoms. The van der Waals surface area contributed by atoms with Gasteiger partial charge in [0.15, 0.2) is 0 Å². The molecule has 9 nitrogen and oxygen atoms in total. The maximum Gasteiger partial charge on any atom is 0.269 e. The van der Waals surface area contributed by atoms with Gasteiger partial charge in [0.2, 0.25) is 0 Å². The van der Waals surface area contributed by atoms with E-state index in [4.69, 9.17) is 11.6 Å². The van der Waals surface area contributed by atoms with Crippen molar-refractivity contribution in [2.24, 2.45) is 0 Å². The third kappa shape index (κ3) is 5.13. The van der Waals surface area contributed by atoms with Gasteiger partial charge >= 0.3 is 0 Å². The number of nitro benzene ring substituents is 3. The Bertz CT molecular complexity index is 654. The van der Waals surface area contributed by atoms with Crippen molar-refractivity contribution in [3.05, 3.63) is 83.9 Å². The lowest BCUT2D eigenvalue weighted by Crippen LogP contribution is -1.90. The van der Waals surface area contributed by atoms with Gasteiger partial charge in [0.05, 0.1) is 14.8 Å². The monoisotopic (exact) mass is 325 g/mol. The quantitative estimate of drug-likeness (QED) is 0.624. The molecular formula is C12H8ClN3O6. The largest absolute Gasteiger partial charge is 0.269 e. The van der Waals surface area contributed by atoms with E-state index in [0.29, 0.717) is 5.02 Å². The molecule has 22 heavy (non-hydrogen) atoms. The number of nitro groups is 3. The molecule has 0 amide bonds. The molecule has 0 aliphatic carbocycles. The van der Waals surface area contributed by atoms with Crippen LogP contribution >= 0.6 is 11.6 Å². The highest BCUT2D eigenvalue weighted by Crippen LogP contribution is 2.16. The maximum absolute atomic E-state index is 10.1. The molecule has 0 heterocycles. The van der Waals surface area contributed by atoms with E-state index in [1.165, 1.54) is 24.3 Å². The summed E-state index contributed by atoms with van der Waals surface area (Å²) < 4.78 is 0. The van der Waals surface area contributed by atoms with E-state index in [1.807, 2.05) is 0 Å². The molecule has 0 aliphatic heterocycles. The molecule has 0 bridgehead atoms. The SMILES string of the molecule is O=[N+]([O-])c1ccc(Cl)cc1.O=[N+]([O-])c1ccc([N+](=O)[O-])cc1. The summed E-state index contributed by atoms with van der Waals surface area (Å²) in [5.74, 6) is 0. The van der Waals surface area contributed by atoms with Crippen molar-refractivity contribution in [2.75, 3.05) is 0 Å². The molecule has 2 rings (SSSR count). The molecule has 0 radical (unpaired) electrons. The Balaban J connectivity index is 0.000000224. The highest BCUT2D eigenvalue weighted by molar-refractivity contribution is 6.30. The van der Waals surface area contributed by atoms with Crippen LogP contribution in [0.1, 0.15) is 0 Å². The Kier molecular flexibility index (Phi) is 5.90. The van der Waals surface area contributed by atoms with E-state index in [9.17, 15) is 30.3 Å². The van der Waals surface area contributed by atoms with Crippen LogP contribution in [0.2, 0.25) is 5.02 Å². The second-order valence-corrected chi connectivity index (χ2v) is 4.20. The van der Waals surface area contributed by atoms with Crippen LogP contribution < -0.4 is 0 Å². The minimum Gasteiger partial charge on any atom is -0.258 e. The van der Waals surface area contributed by atoms with E-state index >= 15 is 0 Å². The normalized spacial score (nSPS) is 9.32. The molecule has 0 N–H and O–H groups in total. The fraction of sp³-hybridized carbons (Fsp3) is 0. The summed E-state index contributed by atoms with van der Waals surface area (Å²) in [5, 5.41) is 30.8. The zero-order chi connectivity index (χ0) is 16.7. The van der Waals surface area contributed by atoms with Crippen molar-refractivity contribution < 1.29 is 14.8 Å². The molecule has 2 aromatic carbocycles. The summed E-state index contributed by atoms with van der Waals surface area (Å²) in [5.41, 5.74) is -0.245.